The van der Waals surface area contributed by atoms with E-state index in [1.165, 1.54) is 148 Å². The van der Waals surface area contributed by atoms with Crippen LogP contribution in [-0.4, -0.2) is 36.4 Å². The smallest absolute Gasteiger partial charge is 0.306 e. The largest absolute Gasteiger partial charge is 0.462 e. The zero-order valence-corrected chi connectivity index (χ0v) is 59.5. The van der Waals surface area contributed by atoms with Gasteiger partial charge in [-0.05, 0) is 141 Å². The predicted molar refractivity (Wildman–Crippen MR) is 407 cm³/mol. The minimum atomic E-state index is -0.794. The molecule has 0 saturated carbocycles. The fourth-order valence-corrected chi connectivity index (χ4v) is 10.3. The van der Waals surface area contributed by atoms with Crippen LogP contribution in [-0.2, 0) is 19.1 Å². The molecule has 1 unspecified atom stereocenters. The summed E-state index contributed by atoms with van der Waals surface area (Å²) in [5.41, 5.74) is 0. The van der Waals surface area contributed by atoms with Crippen LogP contribution >= 0.6 is 0 Å². The zero-order valence-electron chi connectivity index (χ0n) is 59.5. The number of rotatable bonds is 68. The summed E-state index contributed by atoms with van der Waals surface area (Å²) >= 11 is 0. The van der Waals surface area contributed by atoms with Crippen molar-refractivity contribution in [2.24, 2.45) is 0 Å². The minimum absolute atomic E-state index is 0.0797. The molecule has 0 bridgehead atoms. The molecule has 0 aliphatic rings. The molecule has 1 N–H and O–H groups in total. The van der Waals surface area contributed by atoms with E-state index in [1.54, 1.807) is 0 Å². The number of hydrogen-bond acceptors (Lipinski definition) is 5. The number of ether oxygens (including phenoxy) is 2. The van der Waals surface area contributed by atoms with Crippen LogP contribution in [0.3, 0.4) is 0 Å². The molecule has 5 nitrogen and oxygen atoms in total. The summed E-state index contributed by atoms with van der Waals surface area (Å²) in [7, 11) is 0. The normalized spacial score (nSPS) is 13.4. The van der Waals surface area contributed by atoms with Crippen molar-refractivity contribution in [1.29, 1.82) is 0 Å². The van der Waals surface area contributed by atoms with E-state index in [1.807, 2.05) is 0 Å². The maximum absolute atomic E-state index is 12.4. The second kappa shape index (κ2) is 80.0. The fraction of sp³-hybridized carbons (Fsp3) is 0.609. The number of aliphatic hydroxyl groups excluding tert-OH is 1. The molecule has 92 heavy (non-hydrogen) atoms. The minimum Gasteiger partial charge on any atom is -0.462 e. The van der Waals surface area contributed by atoms with Gasteiger partial charge in [0.25, 0.3) is 0 Å². The van der Waals surface area contributed by atoms with Gasteiger partial charge >= 0.3 is 11.9 Å². The second-order valence-electron chi connectivity index (χ2n) is 24.6. The van der Waals surface area contributed by atoms with E-state index in [4.69, 9.17) is 9.47 Å². The van der Waals surface area contributed by atoms with Crippen LogP contribution in [0.4, 0.5) is 0 Å². The summed E-state index contributed by atoms with van der Waals surface area (Å²) in [5, 5.41) is 9.72. The third-order valence-corrected chi connectivity index (χ3v) is 15.9. The molecule has 0 heterocycles. The molecule has 0 spiro atoms. The van der Waals surface area contributed by atoms with Gasteiger partial charge in [-0.25, -0.2) is 0 Å². The van der Waals surface area contributed by atoms with Crippen molar-refractivity contribution >= 4 is 11.9 Å². The molecular formula is C87H140O5. The fourth-order valence-electron chi connectivity index (χ4n) is 10.3. The SMILES string of the molecule is CC/C=C\C/C=C\C/C=C\C/C=C\C/C=C\C/C=C\C/C=C\C/C=C\C/C=C\C/C=C\CCCCCCCCC(=O)OC(CO)COC(=O)CCCCCCCCCCCCCCCCCCCCCCCC/C=C\C/C=C\C/C=C\C/C=C\C/C=C\C/C=C\CC. The molecule has 0 saturated heterocycles. The quantitative estimate of drug-likeness (QED) is 0.0373. The average molecular weight is 1270 g/mol. The number of unbranched alkanes of at least 4 members (excludes halogenated alkanes) is 28. The lowest BCUT2D eigenvalue weighted by Crippen LogP contribution is -2.28. The van der Waals surface area contributed by atoms with Gasteiger partial charge in [0.2, 0.25) is 0 Å². The highest BCUT2D eigenvalue weighted by atomic mass is 16.6. The standard InChI is InChI=1S/C87H140O5/c1-3-5-7-9-11-13-15-17-19-21-23-25-27-29-31-33-35-37-39-41-42-43-44-46-47-49-51-53-55-57-59-61-63-65-67-69-71-73-75-77-79-81-86(89)91-84-85(83-88)92-87(90)82-80-78-76-74-72-70-68-66-64-62-60-58-56-54-52-50-48-45-40-38-36-34-32-30-28-26-24-22-20-18-16-14-12-10-8-6-4-2/h5-8,11-14,17-20,23-26,29-32,35-38,45,48,52,54,58,60,64,66,85,88H,3-4,9-10,15-16,21-22,27-28,33-34,39-44,46-47,49-51,53,55-57,59,61-63,65,67-84H2,1-2H3/b7-5-,8-6-,13-11-,14-12-,19-17-,20-18-,25-23-,26-24-,31-29-,32-30-,37-35-,38-36-,48-45-,54-52-,60-58-,66-64-. The molecule has 5 heteroatoms. The topological polar surface area (TPSA) is 72.8 Å². The van der Waals surface area contributed by atoms with Gasteiger partial charge in [-0.3, -0.25) is 9.59 Å². The molecule has 1 atom stereocenters. The van der Waals surface area contributed by atoms with E-state index in [0.717, 1.165) is 148 Å². The van der Waals surface area contributed by atoms with Crippen molar-refractivity contribution in [3.05, 3.63) is 194 Å². The van der Waals surface area contributed by atoms with Crippen molar-refractivity contribution < 1.29 is 24.2 Å². The predicted octanol–water partition coefficient (Wildman–Crippen LogP) is 27.1. The van der Waals surface area contributed by atoms with Gasteiger partial charge < -0.3 is 14.6 Å². The van der Waals surface area contributed by atoms with Gasteiger partial charge in [0.15, 0.2) is 6.10 Å². The van der Waals surface area contributed by atoms with Gasteiger partial charge in [-0.15, -0.1) is 0 Å². The highest BCUT2D eigenvalue weighted by molar-refractivity contribution is 5.70. The van der Waals surface area contributed by atoms with Gasteiger partial charge in [0.05, 0.1) is 6.61 Å². The zero-order chi connectivity index (χ0) is 66.1. The third-order valence-electron chi connectivity index (χ3n) is 15.9. The Morgan fingerprint density at radius 1 is 0.250 bits per heavy atom. The molecule has 518 valence electrons. The lowest BCUT2D eigenvalue weighted by molar-refractivity contribution is -0.161. The van der Waals surface area contributed by atoms with E-state index in [9.17, 15) is 14.7 Å². The van der Waals surface area contributed by atoms with Crippen molar-refractivity contribution in [1.82, 2.24) is 0 Å². The molecule has 0 aliphatic heterocycles. The van der Waals surface area contributed by atoms with Crippen molar-refractivity contribution in [2.75, 3.05) is 13.2 Å². The molecule has 0 aromatic rings. The molecular weight excluding hydrogens is 1120 g/mol. The van der Waals surface area contributed by atoms with Crippen LogP contribution in [0.25, 0.3) is 0 Å². The van der Waals surface area contributed by atoms with Crippen LogP contribution in [0.15, 0.2) is 194 Å². The van der Waals surface area contributed by atoms with Gasteiger partial charge in [0, 0.05) is 12.8 Å². The summed E-state index contributed by atoms with van der Waals surface area (Å²) in [5.74, 6) is -0.608. The van der Waals surface area contributed by atoms with E-state index in [-0.39, 0.29) is 25.2 Å². The van der Waals surface area contributed by atoms with Gasteiger partial charge in [-0.2, -0.15) is 0 Å². The van der Waals surface area contributed by atoms with Crippen LogP contribution in [0, 0.1) is 0 Å². The molecule has 0 aliphatic carbocycles. The highest BCUT2D eigenvalue weighted by Crippen LogP contribution is 2.17. The summed E-state index contributed by atoms with van der Waals surface area (Å²) in [6.07, 6.45) is 126. The van der Waals surface area contributed by atoms with Crippen LogP contribution in [0.5, 0.6) is 0 Å². The third kappa shape index (κ3) is 77.2. The summed E-state index contributed by atoms with van der Waals surface area (Å²) in [6, 6.07) is 0. The van der Waals surface area contributed by atoms with Crippen LogP contribution in [0.1, 0.15) is 322 Å². The summed E-state index contributed by atoms with van der Waals surface area (Å²) in [4.78, 5) is 24.7. The number of allylic oxidation sites excluding steroid dienone is 32. The first-order valence-electron chi connectivity index (χ1n) is 38.0. The van der Waals surface area contributed by atoms with Crippen molar-refractivity contribution in [3.63, 3.8) is 0 Å². The first-order valence-corrected chi connectivity index (χ1v) is 38.0. The van der Waals surface area contributed by atoms with Crippen molar-refractivity contribution in [3.8, 4) is 0 Å². The molecule has 0 aromatic heterocycles. The maximum atomic E-state index is 12.4. The Kier molecular flexibility index (Phi) is 75.4. The van der Waals surface area contributed by atoms with Gasteiger partial charge in [-0.1, -0.05) is 362 Å². The molecule has 0 aromatic carbocycles. The maximum Gasteiger partial charge on any atom is 0.306 e. The number of carbonyl (C=O) groups is 2. The monoisotopic (exact) mass is 1270 g/mol. The van der Waals surface area contributed by atoms with E-state index in [2.05, 4.69) is 208 Å². The molecule has 0 amide bonds. The first kappa shape index (κ1) is 86.7. The van der Waals surface area contributed by atoms with Gasteiger partial charge in [0.1, 0.15) is 6.61 Å². The Bertz CT molecular complexity index is 2070. The Hall–Kier alpha value is -5.26. The summed E-state index contributed by atoms with van der Waals surface area (Å²) < 4.78 is 10.8. The Balaban J connectivity index is 3.53. The van der Waals surface area contributed by atoms with Crippen LogP contribution in [0.2, 0.25) is 0 Å². The second-order valence-corrected chi connectivity index (χ2v) is 24.6. The summed E-state index contributed by atoms with van der Waals surface area (Å²) in [6.45, 7) is 3.91. The van der Waals surface area contributed by atoms with Crippen LogP contribution < -0.4 is 0 Å². The average Bonchev–Trinajstić information content (AvgIpc) is 3.70. The molecule has 0 rings (SSSR count). The Morgan fingerprint density at radius 3 is 0.652 bits per heavy atom. The van der Waals surface area contributed by atoms with Crippen molar-refractivity contribution in [2.45, 2.75) is 328 Å². The Morgan fingerprint density at radius 2 is 0.435 bits per heavy atom. The first-order chi connectivity index (χ1) is 45.6. The number of hydrogen-bond donors (Lipinski definition) is 1. The molecule has 0 fully saturated rings. The molecule has 0 radical (unpaired) electrons. The number of aliphatic hydroxyl groups is 1. The van der Waals surface area contributed by atoms with E-state index in [0.29, 0.717) is 12.8 Å². The Labute approximate surface area is 568 Å². The van der Waals surface area contributed by atoms with E-state index >= 15 is 0 Å². The van der Waals surface area contributed by atoms with E-state index < -0.39 is 6.10 Å². The highest BCUT2D eigenvalue weighted by Gasteiger charge is 2.16. The lowest BCUT2D eigenvalue weighted by Gasteiger charge is -2.15. The number of carbonyl (C=O) groups excluding carboxylic acids is 2. The number of esters is 2. The lowest BCUT2D eigenvalue weighted by atomic mass is 10.0.